The molecule has 5 rings (SSSR count). The van der Waals surface area contributed by atoms with Crippen molar-refractivity contribution in [3.8, 4) is 11.3 Å². The fourth-order valence-electron chi connectivity index (χ4n) is 4.24. The van der Waals surface area contributed by atoms with Gasteiger partial charge in [0.1, 0.15) is 5.60 Å². The predicted molar refractivity (Wildman–Crippen MR) is 104 cm³/mol. The van der Waals surface area contributed by atoms with Gasteiger partial charge in [-0.2, -0.15) is 0 Å². The Morgan fingerprint density at radius 1 is 1.14 bits per heavy atom. The van der Waals surface area contributed by atoms with Crippen molar-refractivity contribution in [1.29, 1.82) is 0 Å². The van der Waals surface area contributed by atoms with Crippen LogP contribution in [0.3, 0.4) is 0 Å². The van der Waals surface area contributed by atoms with Gasteiger partial charge in [0.25, 0.3) is 0 Å². The van der Waals surface area contributed by atoms with E-state index in [0.717, 1.165) is 11.1 Å². The van der Waals surface area contributed by atoms with Gasteiger partial charge in [0.05, 0.1) is 5.56 Å². The Balaban J connectivity index is 1.25. The summed E-state index contributed by atoms with van der Waals surface area (Å²) in [4.78, 5) is 29.0. The van der Waals surface area contributed by atoms with Crippen LogP contribution >= 0.6 is 0 Å². The third-order valence-corrected chi connectivity index (χ3v) is 5.80. The number of benzene rings is 1. The minimum Gasteiger partial charge on any atom is -0.450 e. The number of aromatic nitrogens is 2. The van der Waals surface area contributed by atoms with Crippen molar-refractivity contribution in [3.05, 3.63) is 66.0 Å². The van der Waals surface area contributed by atoms with Crippen molar-refractivity contribution < 1.29 is 18.8 Å². The van der Waals surface area contributed by atoms with Crippen LogP contribution in [0, 0.1) is 5.92 Å². The van der Waals surface area contributed by atoms with E-state index in [0.29, 0.717) is 42.8 Å². The SMILES string of the molecule is O=C1OC2(CCC(C(=O)Nc3cc(-c4ccccc4)on3)CC2)c2cnccc21. The molecule has 7 nitrogen and oxygen atoms in total. The zero-order chi connectivity index (χ0) is 19.8. The van der Waals surface area contributed by atoms with E-state index in [9.17, 15) is 9.59 Å². The van der Waals surface area contributed by atoms with E-state index in [1.807, 2.05) is 30.3 Å². The van der Waals surface area contributed by atoms with E-state index in [1.165, 1.54) is 0 Å². The highest BCUT2D eigenvalue weighted by Crippen LogP contribution is 2.47. The molecule has 1 fully saturated rings. The smallest absolute Gasteiger partial charge is 0.339 e. The zero-order valence-corrected chi connectivity index (χ0v) is 15.6. The highest BCUT2D eigenvalue weighted by Gasteiger charge is 2.48. The molecule has 1 aromatic carbocycles. The lowest BCUT2D eigenvalue weighted by Gasteiger charge is -2.35. The number of rotatable bonds is 3. The topological polar surface area (TPSA) is 94.3 Å². The van der Waals surface area contributed by atoms with Crippen LogP contribution in [0.2, 0.25) is 0 Å². The zero-order valence-electron chi connectivity index (χ0n) is 15.6. The Labute approximate surface area is 167 Å². The van der Waals surface area contributed by atoms with Gasteiger partial charge in [-0.15, -0.1) is 0 Å². The van der Waals surface area contributed by atoms with Gasteiger partial charge in [0, 0.05) is 35.5 Å². The second-order valence-electron chi connectivity index (χ2n) is 7.51. The normalized spacial score (nSPS) is 22.9. The summed E-state index contributed by atoms with van der Waals surface area (Å²) >= 11 is 0. The first-order valence-corrected chi connectivity index (χ1v) is 9.65. The van der Waals surface area contributed by atoms with Gasteiger partial charge in [-0.1, -0.05) is 35.5 Å². The molecule has 1 N–H and O–H groups in total. The number of carbonyl (C=O) groups is 2. The molecule has 1 aliphatic carbocycles. The minimum atomic E-state index is -0.647. The Kier molecular flexibility index (Phi) is 4.16. The minimum absolute atomic E-state index is 0.0940. The molecule has 0 radical (unpaired) electrons. The van der Waals surface area contributed by atoms with Gasteiger partial charge < -0.3 is 14.6 Å². The highest BCUT2D eigenvalue weighted by atomic mass is 16.6. The number of fused-ring (bicyclic) bond motifs is 2. The Hall–Kier alpha value is -3.48. The summed E-state index contributed by atoms with van der Waals surface area (Å²) < 4.78 is 11.1. The maximum atomic E-state index is 12.7. The Morgan fingerprint density at radius 2 is 1.93 bits per heavy atom. The molecule has 2 aromatic heterocycles. The summed E-state index contributed by atoms with van der Waals surface area (Å²) in [5.41, 5.74) is 1.67. The van der Waals surface area contributed by atoms with Crippen molar-refractivity contribution in [1.82, 2.24) is 10.1 Å². The lowest BCUT2D eigenvalue weighted by atomic mass is 9.75. The van der Waals surface area contributed by atoms with Crippen molar-refractivity contribution in [2.45, 2.75) is 31.3 Å². The quantitative estimate of drug-likeness (QED) is 0.682. The van der Waals surface area contributed by atoms with Crippen LogP contribution in [0.5, 0.6) is 0 Å². The number of ether oxygens (including phenoxy) is 1. The number of amides is 1. The van der Waals surface area contributed by atoms with Gasteiger partial charge in [0.2, 0.25) is 5.91 Å². The first kappa shape index (κ1) is 17.6. The van der Waals surface area contributed by atoms with Crippen LogP contribution < -0.4 is 5.32 Å². The standard InChI is InChI=1S/C22H19N3O4/c26-20(24-19-12-18(29-25-19)14-4-2-1-3-5-14)15-6-9-22(10-7-15)17-13-23-11-8-16(17)21(27)28-22/h1-5,8,11-13,15H,6-7,9-10H2,(H,24,25,26). The summed E-state index contributed by atoms with van der Waals surface area (Å²) in [6, 6.07) is 13.0. The number of carbonyl (C=O) groups excluding carboxylic acids is 2. The molecule has 29 heavy (non-hydrogen) atoms. The molecule has 0 bridgehead atoms. The largest absolute Gasteiger partial charge is 0.450 e. The van der Waals surface area contributed by atoms with Gasteiger partial charge >= 0.3 is 5.97 Å². The molecule has 1 spiro atoms. The van der Waals surface area contributed by atoms with Crippen molar-refractivity contribution in [2.75, 3.05) is 5.32 Å². The van der Waals surface area contributed by atoms with Crippen LogP contribution in [0.1, 0.15) is 41.6 Å². The molecule has 0 unspecified atom stereocenters. The predicted octanol–water partition coefficient (Wildman–Crippen LogP) is 3.93. The van der Waals surface area contributed by atoms with Gasteiger partial charge in [-0.05, 0) is 31.7 Å². The maximum Gasteiger partial charge on any atom is 0.339 e. The average Bonchev–Trinajstić information content (AvgIpc) is 3.33. The lowest BCUT2D eigenvalue weighted by Crippen LogP contribution is -2.36. The number of anilines is 1. The monoisotopic (exact) mass is 389 g/mol. The van der Waals surface area contributed by atoms with Crippen LogP contribution in [0.15, 0.2) is 59.4 Å². The van der Waals surface area contributed by atoms with Crippen LogP contribution in [-0.4, -0.2) is 22.0 Å². The summed E-state index contributed by atoms with van der Waals surface area (Å²) in [5.74, 6) is 0.434. The molecule has 0 atom stereocenters. The first-order chi connectivity index (χ1) is 14.1. The van der Waals surface area contributed by atoms with Gasteiger partial charge in [-0.3, -0.25) is 9.78 Å². The molecule has 7 heteroatoms. The number of hydrogen-bond donors (Lipinski definition) is 1. The third-order valence-electron chi connectivity index (χ3n) is 5.80. The van der Waals surface area contributed by atoms with Crippen molar-refractivity contribution >= 4 is 17.7 Å². The van der Waals surface area contributed by atoms with E-state index in [2.05, 4.69) is 15.5 Å². The fraction of sp³-hybridized carbons (Fsp3) is 0.273. The summed E-state index contributed by atoms with van der Waals surface area (Å²) in [6.45, 7) is 0. The molecule has 2 aliphatic rings. The number of esters is 1. The number of nitrogens with one attached hydrogen (secondary N) is 1. The molecule has 0 saturated heterocycles. The second-order valence-corrected chi connectivity index (χ2v) is 7.51. The van der Waals surface area contributed by atoms with E-state index >= 15 is 0 Å². The third kappa shape index (κ3) is 3.08. The maximum absolute atomic E-state index is 12.7. The Morgan fingerprint density at radius 3 is 2.72 bits per heavy atom. The summed E-state index contributed by atoms with van der Waals surface area (Å²) in [7, 11) is 0. The van der Waals surface area contributed by atoms with Crippen molar-refractivity contribution in [3.63, 3.8) is 0 Å². The molecule has 1 amide bonds. The summed E-state index contributed by atoms with van der Waals surface area (Å²) in [6.07, 6.45) is 5.75. The number of nitrogens with zero attached hydrogens (tertiary/aromatic N) is 2. The first-order valence-electron chi connectivity index (χ1n) is 9.65. The summed E-state index contributed by atoms with van der Waals surface area (Å²) in [5, 5.41) is 6.80. The van der Waals surface area contributed by atoms with Gasteiger partial charge in [0.15, 0.2) is 11.6 Å². The second kappa shape index (κ2) is 6.84. The molecule has 1 saturated carbocycles. The lowest BCUT2D eigenvalue weighted by molar-refractivity contribution is -0.122. The van der Waals surface area contributed by atoms with Crippen LogP contribution in [0.25, 0.3) is 11.3 Å². The fourth-order valence-corrected chi connectivity index (χ4v) is 4.24. The Bertz CT molecular complexity index is 1070. The molecule has 1 aliphatic heterocycles. The van der Waals surface area contributed by atoms with Gasteiger partial charge in [-0.25, -0.2) is 4.79 Å². The van der Waals surface area contributed by atoms with E-state index in [-0.39, 0.29) is 17.8 Å². The van der Waals surface area contributed by atoms with Crippen LogP contribution in [-0.2, 0) is 15.1 Å². The number of hydrogen-bond acceptors (Lipinski definition) is 6. The van der Waals surface area contributed by atoms with E-state index < -0.39 is 5.60 Å². The molecule has 146 valence electrons. The van der Waals surface area contributed by atoms with E-state index in [1.54, 1.807) is 24.5 Å². The number of pyridine rings is 1. The molecule has 3 aromatic rings. The van der Waals surface area contributed by atoms with Crippen LogP contribution in [0.4, 0.5) is 5.82 Å². The van der Waals surface area contributed by atoms with Crippen molar-refractivity contribution in [2.24, 2.45) is 5.92 Å². The molecular weight excluding hydrogens is 370 g/mol. The van der Waals surface area contributed by atoms with E-state index in [4.69, 9.17) is 9.26 Å². The molecular formula is C22H19N3O4. The molecule has 3 heterocycles. The average molecular weight is 389 g/mol. The highest BCUT2D eigenvalue weighted by molar-refractivity contribution is 5.95.